The van der Waals surface area contributed by atoms with E-state index >= 15 is 0 Å². The SMILES string of the molecule is O=C(NCc1ccc2c(c1)OCO2)c1cnc(NCc2ccco2)cn1. The molecule has 0 saturated heterocycles. The number of nitrogens with zero attached hydrogens (tertiary/aromatic N) is 2. The maximum Gasteiger partial charge on any atom is 0.271 e. The number of fused-ring (bicyclic) bond motifs is 1. The van der Waals surface area contributed by atoms with Gasteiger partial charge in [0.05, 0.1) is 25.2 Å². The van der Waals surface area contributed by atoms with Gasteiger partial charge in [-0.3, -0.25) is 4.79 Å². The second-order valence-corrected chi connectivity index (χ2v) is 5.59. The fourth-order valence-electron chi connectivity index (χ4n) is 2.45. The quantitative estimate of drug-likeness (QED) is 0.702. The molecule has 0 bridgehead atoms. The number of rotatable bonds is 6. The number of furan rings is 1. The van der Waals surface area contributed by atoms with Crippen molar-refractivity contribution in [3.8, 4) is 11.5 Å². The van der Waals surface area contributed by atoms with E-state index in [0.717, 1.165) is 11.3 Å². The number of hydrogen-bond donors (Lipinski definition) is 2. The summed E-state index contributed by atoms with van der Waals surface area (Å²) in [5.74, 6) is 2.45. The Labute approximate surface area is 149 Å². The van der Waals surface area contributed by atoms with Gasteiger partial charge in [-0.05, 0) is 29.8 Å². The molecule has 26 heavy (non-hydrogen) atoms. The molecule has 0 fully saturated rings. The van der Waals surface area contributed by atoms with E-state index in [1.54, 1.807) is 6.26 Å². The standard InChI is InChI=1S/C18H16N4O4/c23-18(22-7-12-3-4-15-16(6-12)26-11-25-15)14-9-21-17(10-19-14)20-8-13-2-1-5-24-13/h1-6,9-10H,7-8,11H2,(H,20,21)(H,22,23). The van der Waals surface area contributed by atoms with Crippen molar-refractivity contribution >= 4 is 11.7 Å². The van der Waals surface area contributed by atoms with E-state index in [-0.39, 0.29) is 18.4 Å². The second-order valence-electron chi connectivity index (χ2n) is 5.59. The Kier molecular flexibility index (Phi) is 4.38. The van der Waals surface area contributed by atoms with Crippen LogP contribution in [0.5, 0.6) is 11.5 Å². The molecule has 0 saturated carbocycles. The maximum absolute atomic E-state index is 12.2. The zero-order chi connectivity index (χ0) is 17.8. The van der Waals surface area contributed by atoms with Gasteiger partial charge in [-0.1, -0.05) is 6.07 Å². The van der Waals surface area contributed by atoms with Crippen LogP contribution in [0.25, 0.3) is 0 Å². The van der Waals surface area contributed by atoms with Gasteiger partial charge in [-0.2, -0.15) is 0 Å². The van der Waals surface area contributed by atoms with Crippen LogP contribution in [0.3, 0.4) is 0 Å². The molecular formula is C18H16N4O4. The zero-order valence-corrected chi connectivity index (χ0v) is 13.8. The van der Waals surface area contributed by atoms with Crippen LogP contribution >= 0.6 is 0 Å². The summed E-state index contributed by atoms with van der Waals surface area (Å²) in [6, 6.07) is 9.22. The summed E-state index contributed by atoms with van der Waals surface area (Å²) < 4.78 is 15.8. The molecule has 3 aromatic rings. The predicted molar refractivity (Wildman–Crippen MR) is 91.8 cm³/mol. The van der Waals surface area contributed by atoms with E-state index in [1.807, 2.05) is 30.3 Å². The van der Waals surface area contributed by atoms with E-state index in [4.69, 9.17) is 13.9 Å². The number of aromatic nitrogens is 2. The minimum absolute atomic E-state index is 0.223. The molecule has 0 unspecified atom stereocenters. The molecular weight excluding hydrogens is 336 g/mol. The first-order valence-electron chi connectivity index (χ1n) is 8.03. The maximum atomic E-state index is 12.2. The Hall–Kier alpha value is -3.55. The lowest BCUT2D eigenvalue weighted by Gasteiger charge is -2.07. The van der Waals surface area contributed by atoms with E-state index < -0.39 is 0 Å². The highest BCUT2D eigenvalue weighted by molar-refractivity contribution is 5.91. The summed E-state index contributed by atoms with van der Waals surface area (Å²) in [5.41, 5.74) is 1.15. The molecule has 0 radical (unpaired) electrons. The first-order valence-corrected chi connectivity index (χ1v) is 8.03. The molecule has 2 N–H and O–H groups in total. The molecule has 0 atom stereocenters. The van der Waals surface area contributed by atoms with Crippen molar-refractivity contribution in [1.29, 1.82) is 0 Å². The monoisotopic (exact) mass is 352 g/mol. The van der Waals surface area contributed by atoms with Gasteiger partial charge in [-0.15, -0.1) is 0 Å². The number of amides is 1. The van der Waals surface area contributed by atoms with Gasteiger partial charge in [0.2, 0.25) is 6.79 Å². The number of ether oxygens (including phenoxy) is 2. The zero-order valence-electron chi connectivity index (χ0n) is 13.8. The lowest BCUT2D eigenvalue weighted by Crippen LogP contribution is -2.24. The molecule has 0 spiro atoms. The van der Waals surface area contributed by atoms with Crippen molar-refractivity contribution in [2.24, 2.45) is 0 Å². The Bertz CT molecular complexity index is 894. The summed E-state index contributed by atoms with van der Waals surface area (Å²) in [4.78, 5) is 20.5. The van der Waals surface area contributed by atoms with E-state index in [0.29, 0.717) is 30.4 Å². The minimum Gasteiger partial charge on any atom is -0.467 e. The smallest absolute Gasteiger partial charge is 0.271 e. The number of carbonyl (C=O) groups excluding carboxylic acids is 1. The average Bonchev–Trinajstić information content (AvgIpc) is 3.36. The molecule has 3 heterocycles. The lowest BCUT2D eigenvalue weighted by atomic mass is 10.2. The van der Waals surface area contributed by atoms with Crippen molar-refractivity contribution in [2.75, 3.05) is 12.1 Å². The number of benzene rings is 1. The van der Waals surface area contributed by atoms with Crippen LogP contribution in [-0.4, -0.2) is 22.7 Å². The van der Waals surface area contributed by atoms with Crippen LogP contribution in [0.4, 0.5) is 5.82 Å². The first kappa shape index (κ1) is 15.9. The fraction of sp³-hybridized carbons (Fsp3) is 0.167. The van der Waals surface area contributed by atoms with Crippen LogP contribution < -0.4 is 20.1 Å². The van der Waals surface area contributed by atoms with Crippen molar-refractivity contribution in [3.05, 3.63) is 66.0 Å². The van der Waals surface area contributed by atoms with Crippen LogP contribution in [0.2, 0.25) is 0 Å². The summed E-state index contributed by atoms with van der Waals surface area (Å²) >= 11 is 0. The lowest BCUT2D eigenvalue weighted by molar-refractivity contribution is 0.0945. The van der Waals surface area contributed by atoms with Crippen LogP contribution in [0.15, 0.2) is 53.4 Å². The van der Waals surface area contributed by atoms with Gasteiger partial charge in [0.1, 0.15) is 17.3 Å². The van der Waals surface area contributed by atoms with Crippen molar-refractivity contribution in [3.63, 3.8) is 0 Å². The predicted octanol–water partition coefficient (Wildman–Crippen LogP) is 2.34. The summed E-state index contributed by atoms with van der Waals surface area (Å²) in [5, 5.41) is 5.88. The Morgan fingerprint density at radius 3 is 2.81 bits per heavy atom. The second kappa shape index (κ2) is 7.14. The summed E-state index contributed by atoms with van der Waals surface area (Å²) in [7, 11) is 0. The van der Waals surface area contributed by atoms with Gasteiger partial charge < -0.3 is 24.5 Å². The molecule has 8 heteroatoms. The third-order valence-corrected chi connectivity index (χ3v) is 3.80. The number of anilines is 1. The molecule has 0 aliphatic carbocycles. The summed E-state index contributed by atoms with van der Waals surface area (Å²) in [6.45, 7) is 1.08. The van der Waals surface area contributed by atoms with Gasteiger partial charge in [-0.25, -0.2) is 9.97 Å². The molecule has 1 aliphatic rings. The van der Waals surface area contributed by atoms with Crippen LogP contribution in [0.1, 0.15) is 21.8 Å². The molecule has 4 rings (SSSR count). The van der Waals surface area contributed by atoms with Crippen molar-refractivity contribution < 1.29 is 18.7 Å². The van der Waals surface area contributed by atoms with Gasteiger partial charge in [0.15, 0.2) is 11.5 Å². The topological polar surface area (TPSA) is 98.5 Å². The Morgan fingerprint density at radius 1 is 1.08 bits per heavy atom. The van der Waals surface area contributed by atoms with Crippen LogP contribution in [-0.2, 0) is 13.1 Å². The number of nitrogens with one attached hydrogen (secondary N) is 2. The Morgan fingerprint density at radius 2 is 2.00 bits per heavy atom. The van der Waals surface area contributed by atoms with E-state index in [2.05, 4.69) is 20.6 Å². The highest BCUT2D eigenvalue weighted by Gasteiger charge is 2.14. The molecule has 8 nitrogen and oxygen atoms in total. The van der Waals surface area contributed by atoms with E-state index in [1.165, 1.54) is 12.4 Å². The van der Waals surface area contributed by atoms with E-state index in [9.17, 15) is 4.79 Å². The van der Waals surface area contributed by atoms with Crippen LogP contribution in [0, 0.1) is 0 Å². The molecule has 132 valence electrons. The highest BCUT2D eigenvalue weighted by Crippen LogP contribution is 2.32. The first-order chi connectivity index (χ1) is 12.8. The fourth-order valence-corrected chi connectivity index (χ4v) is 2.45. The largest absolute Gasteiger partial charge is 0.467 e. The third kappa shape index (κ3) is 3.59. The number of carbonyl (C=O) groups is 1. The minimum atomic E-state index is -0.298. The third-order valence-electron chi connectivity index (χ3n) is 3.80. The highest BCUT2D eigenvalue weighted by atomic mass is 16.7. The Balaban J connectivity index is 1.31. The normalized spacial score (nSPS) is 12.0. The average molecular weight is 352 g/mol. The summed E-state index contributed by atoms with van der Waals surface area (Å²) in [6.07, 6.45) is 4.55. The van der Waals surface area contributed by atoms with Gasteiger partial charge in [0.25, 0.3) is 5.91 Å². The molecule has 1 aromatic carbocycles. The van der Waals surface area contributed by atoms with Crippen molar-refractivity contribution in [2.45, 2.75) is 13.1 Å². The van der Waals surface area contributed by atoms with Crippen molar-refractivity contribution in [1.82, 2.24) is 15.3 Å². The molecule has 1 aliphatic heterocycles. The molecule has 1 amide bonds. The van der Waals surface area contributed by atoms with Gasteiger partial charge >= 0.3 is 0 Å². The number of hydrogen-bond acceptors (Lipinski definition) is 7. The van der Waals surface area contributed by atoms with Gasteiger partial charge in [0, 0.05) is 6.54 Å². The molecule has 2 aromatic heterocycles.